The number of alkyl halides is 12. The molecule has 6 unspecified atom stereocenters. The summed E-state index contributed by atoms with van der Waals surface area (Å²) in [6.45, 7) is 1.72. The summed E-state index contributed by atoms with van der Waals surface area (Å²) in [6.07, 6.45) is -16.0. The van der Waals surface area contributed by atoms with E-state index in [1.165, 1.54) is 6.42 Å². The van der Waals surface area contributed by atoms with Crippen LogP contribution in [0, 0.1) is 35.5 Å². The topological polar surface area (TPSA) is 146 Å². The number of hydrogen-bond acceptors (Lipinski definition) is 6. The lowest BCUT2D eigenvalue weighted by atomic mass is 9.81. The van der Waals surface area contributed by atoms with E-state index in [1.54, 1.807) is 6.92 Å². The number of allylic oxidation sites excluding steroid dienone is 2. The minimum Gasteiger partial charge on any atom is -0.373 e. The molecule has 4 rings (SSSR count). The molecule has 4 bridgehead atoms. The van der Waals surface area contributed by atoms with Crippen LogP contribution in [-0.4, -0.2) is 70.3 Å². The molecule has 3 N–H and O–H groups in total. The lowest BCUT2D eigenvalue weighted by Crippen LogP contribution is -2.58. The van der Waals surface area contributed by atoms with Crippen molar-refractivity contribution in [2.45, 2.75) is 82.2 Å². The second kappa shape index (κ2) is 14.2. The maximum absolute atomic E-state index is 12.5. The average molecular weight is 708 g/mol. The first-order valence-electron chi connectivity index (χ1n) is 12.8. The molecule has 0 heterocycles. The third-order valence-corrected chi connectivity index (χ3v) is 7.84. The van der Waals surface area contributed by atoms with E-state index < -0.39 is 64.6 Å². The summed E-state index contributed by atoms with van der Waals surface area (Å²) in [6, 6.07) is 0. The van der Waals surface area contributed by atoms with E-state index in [9.17, 15) is 67.1 Å². The summed E-state index contributed by atoms with van der Waals surface area (Å²) in [7, 11) is -4.67. The SMILES string of the molecule is CC(=O)C1CC2C=CC1C2.O=C(C(F)(F)F)C(F)(F)F.O=C(CC(O)(C(F)(F)F)C(F)(F)F)C1CC2CCC1C2.O=S(=O)(O)O.[2HH]. The number of halogens is 12. The number of Topliss-reactive ketones (excluding diaryl/α,β-unsaturated/α-hetero) is 3. The van der Waals surface area contributed by atoms with Crippen LogP contribution in [0.3, 0.4) is 0 Å². The van der Waals surface area contributed by atoms with Crippen LogP contribution in [0.5, 0.6) is 0 Å². The van der Waals surface area contributed by atoms with E-state index in [0.717, 1.165) is 18.8 Å². The highest BCUT2D eigenvalue weighted by Gasteiger charge is 2.71. The molecule has 0 aromatic heterocycles. The molecule has 4 aliphatic carbocycles. The van der Waals surface area contributed by atoms with E-state index >= 15 is 0 Å². The third kappa shape index (κ3) is 11.8. The van der Waals surface area contributed by atoms with Crippen LogP contribution in [0.25, 0.3) is 0 Å². The number of aliphatic hydroxyl groups is 1. The Labute approximate surface area is 249 Å². The number of ketones is 3. The Bertz CT molecular complexity index is 1170. The number of carbonyl (C=O) groups excluding carboxylic acids is 3. The largest absolute Gasteiger partial charge is 0.459 e. The van der Waals surface area contributed by atoms with Gasteiger partial charge in [0, 0.05) is 13.3 Å². The lowest BCUT2D eigenvalue weighted by Gasteiger charge is -2.33. The van der Waals surface area contributed by atoms with Crippen LogP contribution in [0.1, 0.15) is 53.3 Å². The molecule has 21 heteroatoms. The van der Waals surface area contributed by atoms with Gasteiger partial charge in [0.1, 0.15) is 11.6 Å². The van der Waals surface area contributed by atoms with Crippen LogP contribution < -0.4 is 0 Å². The molecule has 0 aliphatic heterocycles. The minimum atomic E-state index is -5.92. The van der Waals surface area contributed by atoms with Gasteiger partial charge in [-0.15, -0.1) is 0 Å². The van der Waals surface area contributed by atoms with Gasteiger partial charge in [-0.1, -0.05) is 18.6 Å². The Kier molecular flexibility index (Phi) is 12.9. The molecule has 0 aromatic rings. The van der Waals surface area contributed by atoms with Gasteiger partial charge in [-0.2, -0.15) is 61.1 Å². The van der Waals surface area contributed by atoms with Crippen LogP contribution in [0.4, 0.5) is 52.7 Å². The van der Waals surface area contributed by atoms with Gasteiger partial charge in [0.05, 0.1) is 6.42 Å². The van der Waals surface area contributed by atoms with Crippen molar-refractivity contribution >= 4 is 27.7 Å². The summed E-state index contributed by atoms with van der Waals surface area (Å²) in [5.74, 6) is -3.40. The molecule has 0 aromatic carbocycles. The first-order valence-corrected chi connectivity index (χ1v) is 14.2. The summed E-state index contributed by atoms with van der Waals surface area (Å²) in [5, 5.41) is 9.01. The number of hydrogen-bond donors (Lipinski definition) is 3. The van der Waals surface area contributed by atoms with E-state index in [1.807, 2.05) is 0 Å². The second-order valence-electron chi connectivity index (χ2n) is 11.1. The predicted molar refractivity (Wildman–Crippen MR) is 129 cm³/mol. The summed E-state index contributed by atoms with van der Waals surface area (Å²) in [5.41, 5.74) is -4.95. The highest BCUT2D eigenvalue weighted by atomic mass is 32.3. The molecule has 0 spiro atoms. The fourth-order valence-electron chi connectivity index (χ4n) is 5.79. The first-order chi connectivity index (χ1) is 19.9. The van der Waals surface area contributed by atoms with Crippen molar-refractivity contribution in [3.63, 3.8) is 0 Å². The molecule has 4 aliphatic rings. The van der Waals surface area contributed by atoms with Crippen molar-refractivity contribution in [3.05, 3.63) is 12.2 Å². The van der Waals surface area contributed by atoms with Crippen molar-refractivity contribution in [2.24, 2.45) is 35.5 Å². The van der Waals surface area contributed by atoms with Crippen LogP contribution >= 0.6 is 0 Å². The maximum atomic E-state index is 12.5. The predicted octanol–water partition coefficient (Wildman–Crippen LogP) is 6.30. The van der Waals surface area contributed by atoms with Gasteiger partial charge in [0.15, 0.2) is 0 Å². The Morgan fingerprint density at radius 2 is 1.22 bits per heavy atom. The van der Waals surface area contributed by atoms with E-state index in [0.29, 0.717) is 36.9 Å². The van der Waals surface area contributed by atoms with Crippen molar-refractivity contribution in [2.75, 3.05) is 0 Å². The van der Waals surface area contributed by atoms with Gasteiger partial charge >= 0.3 is 40.9 Å². The second-order valence-corrected chi connectivity index (χ2v) is 11.9. The molecule has 8 nitrogen and oxygen atoms in total. The smallest absolute Gasteiger partial charge is 0.373 e. The molecule has 0 saturated heterocycles. The van der Waals surface area contributed by atoms with E-state index in [2.05, 4.69) is 12.2 Å². The molecule has 0 amide bonds. The van der Waals surface area contributed by atoms with Crippen molar-refractivity contribution in [1.82, 2.24) is 0 Å². The number of rotatable bonds is 4. The van der Waals surface area contributed by atoms with Crippen molar-refractivity contribution in [1.29, 1.82) is 0 Å². The Morgan fingerprint density at radius 3 is 1.44 bits per heavy atom. The van der Waals surface area contributed by atoms with Gasteiger partial charge in [-0.3, -0.25) is 23.5 Å². The molecule has 6 atom stereocenters. The Balaban J connectivity index is 0.000000657. The highest BCUT2D eigenvalue weighted by molar-refractivity contribution is 7.79. The molecular formula is C24H30F12O8S. The summed E-state index contributed by atoms with van der Waals surface area (Å²) in [4.78, 5) is 32.0. The van der Waals surface area contributed by atoms with E-state index in [4.69, 9.17) is 22.6 Å². The lowest BCUT2D eigenvalue weighted by molar-refractivity contribution is -0.367. The minimum absolute atomic E-state index is 0. The van der Waals surface area contributed by atoms with Gasteiger partial charge in [-0.05, 0) is 62.7 Å². The Morgan fingerprint density at radius 1 is 0.756 bits per heavy atom. The van der Waals surface area contributed by atoms with Gasteiger partial charge < -0.3 is 5.11 Å². The number of carbonyl (C=O) groups is 3. The third-order valence-electron chi connectivity index (χ3n) is 7.84. The fourth-order valence-corrected chi connectivity index (χ4v) is 5.79. The van der Waals surface area contributed by atoms with Crippen LogP contribution in [0.2, 0.25) is 0 Å². The summed E-state index contributed by atoms with van der Waals surface area (Å²) >= 11 is 0. The molecular weight excluding hydrogens is 676 g/mol. The monoisotopic (exact) mass is 707 g/mol. The van der Waals surface area contributed by atoms with E-state index in [-0.39, 0.29) is 13.3 Å². The molecule has 3 saturated carbocycles. The zero-order valence-electron chi connectivity index (χ0n) is 22.9. The maximum Gasteiger partial charge on any atom is 0.459 e. The average Bonchev–Trinajstić information content (AvgIpc) is 3.62. The Hall–Kier alpha value is -2.26. The number of fused-ring (bicyclic) bond motifs is 4. The van der Waals surface area contributed by atoms with Gasteiger partial charge in [0.2, 0.25) is 0 Å². The van der Waals surface area contributed by atoms with Crippen molar-refractivity contribution < 1.29 is 91.1 Å². The normalized spacial score (nSPS) is 27.5. The molecule has 3 fully saturated rings. The van der Waals surface area contributed by atoms with Gasteiger partial charge in [0.25, 0.3) is 5.60 Å². The van der Waals surface area contributed by atoms with Crippen LogP contribution in [0.15, 0.2) is 12.2 Å². The zero-order chi connectivity index (χ0) is 35.6. The van der Waals surface area contributed by atoms with Gasteiger partial charge in [-0.25, -0.2) is 0 Å². The summed E-state index contributed by atoms with van der Waals surface area (Å²) < 4.78 is 172. The molecule has 0 radical (unpaired) electrons. The van der Waals surface area contributed by atoms with Crippen LogP contribution in [-0.2, 0) is 24.8 Å². The highest BCUT2D eigenvalue weighted by Crippen LogP contribution is 2.51. The van der Waals surface area contributed by atoms with Crippen molar-refractivity contribution in [3.8, 4) is 0 Å². The standard InChI is InChI=1S/C12H14F6O2.C9H12O.C3F6O.H2O4S.H2/c13-11(14,15)10(20,12(16,17)18)5-9(19)8-4-6-1-2-7(8)3-6;1-6(10)9-5-7-2-3-8(9)4-7;4-2(5,6)1(10)3(7,8)9;1-5(2,3)4;/h6-8,20H,1-5H2;2-3,7-9H,4-5H2,1H3;;(H2,1,2,3,4);1H/i;;;;1+1. The quantitative estimate of drug-likeness (QED) is 0.176. The zero-order valence-corrected chi connectivity index (χ0v) is 23.7. The molecule has 264 valence electrons. The fraction of sp³-hybridized carbons (Fsp3) is 0.792. The molecule has 45 heavy (non-hydrogen) atoms. The first kappa shape index (κ1) is 40.8.